The van der Waals surface area contributed by atoms with Crippen molar-refractivity contribution >= 4 is 11.6 Å². The highest BCUT2D eigenvalue weighted by Gasteiger charge is 2.05. The Labute approximate surface area is 105 Å². The molecule has 0 amide bonds. The number of halogens is 1. The van der Waals surface area contributed by atoms with Gasteiger partial charge in [0.25, 0.3) is 0 Å². The standard InChI is InChI=1S/C14H13ClO2/c1-9-3-4-14(13(16)7-9)17-12-6-10(2)5-11(15)8-12/h3-8,16H,1-2H3. The van der Waals surface area contributed by atoms with E-state index < -0.39 is 0 Å². The maximum Gasteiger partial charge on any atom is 0.169 e. The van der Waals surface area contributed by atoms with Crippen molar-refractivity contribution < 1.29 is 9.84 Å². The number of phenolic OH excluding ortho intramolecular Hbond substituents is 1. The van der Waals surface area contributed by atoms with Crippen LogP contribution in [0.25, 0.3) is 0 Å². The fraction of sp³-hybridized carbons (Fsp3) is 0.143. The van der Waals surface area contributed by atoms with Gasteiger partial charge in [0.15, 0.2) is 11.5 Å². The van der Waals surface area contributed by atoms with E-state index in [4.69, 9.17) is 16.3 Å². The predicted molar refractivity (Wildman–Crippen MR) is 69.1 cm³/mol. The van der Waals surface area contributed by atoms with E-state index in [0.717, 1.165) is 11.1 Å². The third kappa shape index (κ3) is 2.92. The molecular formula is C14H13ClO2. The summed E-state index contributed by atoms with van der Waals surface area (Å²) < 4.78 is 5.59. The highest BCUT2D eigenvalue weighted by molar-refractivity contribution is 6.30. The number of hydrogen-bond acceptors (Lipinski definition) is 2. The Kier molecular flexibility index (Phi) is 3.25. The van der Waals surface area contributed by atoms with Gasteiger partial charge in [0.05, 0.1) is 0 Å². The molecule has 2 rings (SSSR count). The Balaban J connectivity index is 2.31. The fourth-order valence-electron chi connectivity index (χ4n) is 1.60. The maximum atomic E-state index is 9.73. The second-order valence-electron chi connectivity index (χ2n) is 4.04. The molecule has 0 unspecified atom stereocenters. The number of ether oxygens (including phenoxy) is 1. The third-order valence-corrected chi connectivity index (χ3v) is 2.58. The van der Waals surface area contributed by atoms with Crippen LogP contribution in [0.4, 0.5) is 0 Å². The summed E-state index contributed by atoms with van der Waals surface area (Å²) in [6.45, 7) is 3.85. The van der Waals surface area contributed by atoms with E-state index in [1.165, 1.54) is 0 Å². The first-order chi connectivity index (χ1) is 8.04. The Bertz CT molecular complexity index is 530. The van der Waals surface area contributed by atoms with Crippen LogP contribution in [0.1, 0.15) is 11.1 Å². The molecule has 0 atom stereocenters. The first-order valence-corrected chi connectivity index (χ1v) is 5.67. The van der Waals surface area contributed by atoms with E-state index in [-0.39, 0.29) is 5.75 Å². The second-order valence-corrected chi connectivity index (χ2v) is 4.47. The first-order valence-electron chi connectivity index (χ1n) is 5.29. The van der Waals surface area contributed by atoms with Crippen LogP contribution in [0, 0.1) is 13.8 Å². The van der Waals surface area contributed by atoms with Crippen LogP contribution in [-0.4, -0.2) is 5.11 Å². The molecule has 0 aliphatic carbocycles. The highest BCUT2D eigenvalue weighted by atomic mass is 35.5. The van der Waals surface area contributed by atoms with Gasteiger partial charge < -0.3 is 9.84 Å². The molecule has 88 valence electrons. The largest absolute Gasteiger partial charge is 0.504 e. The van der Waals surface area contributed by atoms with E-state index in [1.54, 1.807) is 18.2 Å². The Morgan fingerprint density at radius 2 is 1.76 bits per heavy atom. The van der Waals surface area contributed by atoms with Gasteiger partial charge in [-0.3, -0.25) is 0 Å². The number of phenols is 1. The lowest BCUT2D eigenvalue weighted by Crippen LogP contribution is -1.86. The normalized spacial score (nSPS) is 10.3. The monoisotopic (exact) mass is 248 g/mol. The first kappa shape index (κ1) is 11.8. The molecule has 0 saturated carbocycles. The summed E-state index contributed by atoms with van der Waals surface area (Å²) >= 11 is 5.94. The lowest BCUT2D eigenvalue weighted by molar-refractivity contribution is 0.411. The van der Waals surface area contributed by atoms with Gasteiger partial charge in [-0.2, -0.15) is 0 Å². The summed E-state index contributed by atoms with van der Waals surface area (Å²) in [4.78, 5) is 0. The molecule has 0 saturated heterocycles. The van der Waals surface area contributed by atoms with Gasteiger partial charge in [0, 0.05) is 5.02 Å². The summed E-state index contributed by atoms with van der Waals surface area (Å²) in [6.07, 6.45) is 0. The zero-order chi connectivity index (χ0) is 12.4. The molecule has 0 spiro atoms. The Morgan fingerprint density at radius 3 is 2.41 bits per heavy atom. The van der Waals surface area contributed by atoms with Crippen molar-refractivity contribution in [3.63, 3.8) is 0 Å². The molecule has 3 heteroatoms. The fourth-order valence-corrected chi connectivity index (χ4v) is 1.88. The highest BCUT2D eigenvalue weighted by Crippen LogP contribution is 2.32. The summed E-state index contributed by atoms with van der Waals surface area (Å²) in [5.74, 6) is 1.18. The van der Waals surface area contributed by atoms with Crippen molar-refractivity contribution in [1.29, 1.82) is 0 Å². The molecule has 0 aromatic heterocycles. The molecular weight excluding hydrogens is 236 g/mol. The van der Waals surface area contributed by atoms with Crippen molar-refractivity contribution in [2.24, 2.45) is 0 Å². The molecule has 0 heterocycles. The van der Waals surface area contributed by atoms with E-state index >= 15 is 0 Å². The van der Waals surface area contributed by atoms with Crippen molar-refractivity contribution in [3.8, 4) is 17.2 Å². The average Bonchev–Trinajstić information content (AvgIpc) is 2.21. The van der Waals surface area contributed by atoms with Crippen LogP contribution < -0.4 is 4.74 Å². The molecule has 0 radical (unpaired) electrons. The van der Waals surface area contributed by atoms with Gasteiger partial charge in [-0.25, -0.2) is 0 Å². The van der Waals surface area contributed by atoms with Crippen LogP contribution in [-0.2, 0) is 0 Å². The second kappa shape index (κ2) is 4.68. The van der Waals surface area contributed by atoms with Crippen LogP contribution in [0.5, 0.6) is 17.2 Å². The van der Waals surface area contributed by atoms with Gasteiger partial charge >= 0.3 is 0 Å². The van der Waals surface area contributed by atoms with Crippen molar-refractivity contribution in [2.75, 3.05) is 0 Å². The molecule has 1 N–H and O–H groups in total. The number of aryl methyl sites for hydroxylation is 2. The molecule has 2 nitrogen and oxygen atoms in total. The Hall–Kier alpha value is -1.67. The van der Waals surface area contributed by atoms with E-state index in [0.29, 0.717) is 16.5 Å². The minimum Gasteiger partial charge on any atom is -0.504 e. The molecule has 2 aromatic rings. The van der Waals surface area contributed by atoms with Crippen LogP contribution in [0.3, 0.4) is 0 Å². The molecule has 0 fully saturated rings. The summed E-state index contributed by atoms with van der Waals surface area (Å²) in [5.41, 5.74) is 2.00. The molecule has 0 bridgehead atoms. The Morgan fingerprint density at radius 1 is 1.00 bits per heavy atom. The number of hydrogen-bond donors (Lipinski definition) is 1. The van der Waals surface area contributed by atoms with E-state index in [2.05, 4.69) is 0 Å². The van der Waals surface area contributed by atoms with Crippen LogP contribution in [0.2, 0.25) is 5.02 Å². The average molecular weight is 249 g/mol. The molecule has 0 aliphatic heterocycles. The van der Waals surface area contributed by atoms with Gasteiger partial charge in [-0.15, -0.1) is 0 Å². The molecule has 2 aromatic carbocycles. The molecule has 0 aliphatic rings. The summed E-state index contributed by atoms with van der Waals surface area (Å²) in [7, 11) is 0. The SMILES string of the molecule is Cc1cc(Cl)cc(Oc2ccc(C)cc2O)c1. The zero-order valence-corrected chi connectivity index (χ0v) is 10.5. The summed E-state index contributed by atoms with van der Waals surface area (Å²) in [6, 6.07) is 10.7. The summed E-state index contributed by atoms with van der Waals surface area (Å²) in [5, 5.41) is 10.4. The minimum atomic E-state index is 0.127. The zero-order valence-electron chi connectivity index (χ0n) is 9.70. The van der Waals surface area contributed by atoms with Crippen LogP contribution >= 0.6 is 11.6 Å². The number of benzene rings is 2. The van der Waals surface area contributed by atoms with Crippen molar-refractivity contribution in [2.45, 2.75) is 13.8 Å². The van der Waals surface area contributed by atoms with Crippen LogP contribution in [0.15, 0.2) is 36.4 Å². The smallest absolute Gasteiger partial charge is 0.169 e. The minimum absolute atomic E-state index is 0.127. The van der Waals surface area contributed by atoms with Gasteiger partial charge in [0.2, 0.25) is 0 Å². The lowest BCUT2D eigenvalue weighted by Gasteiger charge is -2.09. The van der Waals surface area contributed by atoms with Gasteiger partial charge in [-0.05, 0) is 55.3 Å². The third-order valence-electron chi connectivity index (χ3n) is 2.36. The van der Waals surface area contributed by atoms with E-state index in [1.807, 2.05) is 32.0 Å². The quantitative estimate of drug-likeness (QED) is 0.851. The predicted octanol–water partition coefficient (Wildman–Crippen LogP) is 4.45. The van der Waals surface area contributed by atoms with Crippen molar-refractivity contribution in [1.82, 2.24) is 0 Å². The number of rotatable bonds is 2. The van der Waals surface area contributed by atoms with Gasteiger partial charge in [0.1, 0.15) is 5.75 Å². The van der Waals surface area contributed by atoms with Crippen molar-refractivity contribution in [3.05, 3.63) is 52.5 Å². The maximum absolute atomic E-state index is 9.73. The lowest BCUT2D eigenvalue weighted by atomic mass is 10.2. The number of aromatic hydroxyl groups is 1. The van der Waals surface area contributed by atoms with E-state index in [9.17, 15) is 5.11 Å². The topological polar surface area (TPSA) is 29.5 Å². The molecule has 17 heavy (non-hydrogen) atoms. The van der Waals surface area contributed by atoms with Gasteiger partial charge in [-0.1, -0.05) is 17.7 Å².